The lowest BCUT2D eigenvalue weighted by molar-refractivity contribution is 0.403. The summed E-state index contributed by atoms with van der Waals surface area (Å²) in [5.41, 5.74) is 1.86. The van der Waals surface area contributed by atoms with E-state index in [1.54, 1.807) is 33.8 Å². The highest BCUT2D eigenvalue weighted by Gasteiger charge is 2.04. The van der Waals surface area contributed by atoms with E-state index in [1.165, 1.54) is 7.11 Å². The molecule has 0 bridgehead atoms. The number of hydrogen-bond acceptors (Lipinski definition) is 3. The summed E-state index contributed by atoms with van der Waals surface area (Å²) in [5, 5.41) is 4.21. The van der Waals surface area contributed by atoms with Crippen LogP contribution in [0.2, 0.25) is 0 Å². The third kappa shape index (κ3) is 2.72. The van der Waals surface area contributed by atoms with Crippen LogP contribution in [-0.4, -0.2) is 21.5 Å². The third-order valence-corrected chi connectivity index (χ3v) is 3.24. The molecule has 0 radical (unpaired) electrons. The number of benzene rings is 1. The van der Waals surface area contributed by atoms with Crippen molar-refractivity contribution in [2.24, 2.45) is 0 Å². The first-order valence-corrected chi connectivity index (χ1v) is 6.60. The molecule has 21 heavy (non-hydrogen) atoms. The molecule has 0 aliphatic rings. The fourth-order valence-electron chi connectivity index (χ4n) is 2.21. The molecule has 0 aliphatic heterocycles. The van der Waals surface area contributed by atoms with Crippen molar-refractivity contribution in [3.05, 3.63) is 77.0 Å². The van der Waals surface area contributed by atoms with Crippen LogP contribution in [0.4, 0.5) is 0 Å². The van der Waals surface area contributed by atoms with Gasteiger partial charge in [0.15, 0.2) is 5.75 Å². The van der Waals surface area contributed by atoms with Crippen molar-refractivity contribution < 1.29 is 4.74 Å². The summed E-state index contributed by atoms with van der Waals surface area (Å²) < 4.78 is 8.47. The first kappa shape index (κ1) is 13.2. The number of hydrogen-bond donors (Lipinski definition) is 0. The third-order valence-electron chi connectivity index (χ3n) is 3.24. The van der Waals surface area contributed by atoms with Crippen molar-refractivity contribution in [1.29, 1.82) is 0 Å². The van der Waals surface area contributed by atoms with Crippen LogP contribution >= 0.6 is 0 Å². The second-order valence-corrected chi connectivity index (χ2v) is 4.63. The van der Waals surface area contributed by atoms with Crippen molar-refractivity contribution in [2.45, 2.75) is 6.54 Å². The van der Waals surface area contributed by atoms with Gasteiger partial charge in [-0.15, -0.1) is 0 Å². The second-order valence-electron chi connectivity index (χ2n) is 4.63. The molecule has 0 saturated heterocycles. The van der Waals surface area contributed by atoms with Gasteiger partial charge in [0.25, 0.3) is 5.56 Å². The van der Waals surface area contributed by atoms with Crippen molar-refractivity contribution in [2.75, 3.05) is 7.11 Å². The van der Waals surface area contributed by atoms with Gasteiger partial charge in [-0.3, -0.25) is 4.79 Å². The second kappa shape index (κ2) is 5.66. The number of aromatic nitrogens is 3. The summed E-state index contributed by atoms with van der Waals surface area (Å²) in [6, 6.07) is 13.3. The van der Waals surface area contributed by atoms with Gasteiger partial charge in [-0.05, 0) is 35.9 Å². The number of pyridine rings is 1. The Morgan fingerprint density at radius 1 is 1.14 bits per heavy atom. The lowest BCUT2D eigenvalue weighted by atomic mass is 10.2. The van der Waals surface area contributed by atoms with Crippen LogP contribution in [0.3, 0.4) is 0 Å². The van der Waals surface area contributed by atoms with Crippen molar-refractivity contribution in [1.82, 2.24) is 14.3 Å². The van der Waals surface area contributed by atoms with Crippen LogP contribution in [0.25, 0.3) is 5.69 Å². The molecule has 0 fully saturated rings. The normalized spacial score (nSPS) is 10.5. The maximum Gasteiger partial charge on any atom is 0.293 e. The van der Waals surface area contributed by atoms with E-state index in [0.717, 1.165) is 11.3 Å². The average Bonchev–Trinajstić information content (AvgIpc) is 3.04. The minimum atomic E-state index is -0.135. The van der Waals surface area contributed by atoms with Gasteiger partial charge in [0.1, 0.15) is 0 Å². The SMILES string of the molecule is COc1cccn(Cc2cccc(-n3cccn3)c2)c1=O. The van der Waals surface area contributed by atoms with Gasteiger partial charge >= 0.3 is 0 Å². The highest BCUT2D eigenvalue weighted by Crippen LogP contribution is 2.11. The number of nitrogens with zero attached hydrogens (tertiary/aromatic N) is 3. The monoisotopic (exact) mass is 281 g/mol. The molecular formula is C16H15N3O2. The van der Waals surface area contributed by atoms with Crippen LogP contribution in [0.1, 0.15) is 5.56 Å². The Labute approximate surface area is 122 Å². The van der Waals surface area contributed by atoms with Gasteiger partial charge in [0, 0.05) is 18.6 Å². The van der Waals surface area contributed by atoms with E-state index in [9.17, 15) is 4.79 Å². The molecule has 0 aliphatic carbocycles. The lowest BCUT2D eigenvalue weighted by Gasteiger charge is -2.09. The van der Waals surface area contributed by atoms with E-state index < -0.39 is 0 Å². The Morgan fingerprint density at radius 2 is 2.05 bits per heavy atom. The predicted molar refractivity (Wildman–Crippen MR) is 79.9 cm³/mol. The van der Waals surface area contributed by atoms with E-state index in [0.29, 0.717) is 12.3 Å². The van der Waals surface area contributed by atoms with E-state index in [4.69, 9.17) is 4.74 Å². The van der Waals surface area contributed by atoms with Crippen molar-refractivity contribution in [3.8, 4) is 11.4 Å². The van der Waals surface area contributed by atoms with Crippen LogP contribution < -0.4 is 10.3 Å². The fourth-order valence-corrected chi connectivity index (χ4v) is 2.21. The van der Waals surface area contributed by atoms with Gasteiger partial charge < -0.3 is 9.30 Å². The van der Waals surface area contributed by atoms with Crippen LogP contribution in [0, 0.1) is 0 Å². The smallest absolute Gasteiger partial charge is 0.293 e. The number of ether oxygens (including phenoxy) is 1. The Balaban J connectivity index is 1.92. The molecule has 2 aromatic heterocycles. The van der Waals surface area contributed by atoms with E-state index in [1.807, 2.05) is 36.5 Å². The van der Waals surface area contributed by atoms with Gasteiger partial charge in [-0.2, -0.15) is 5.10 Å². The van der Waals surface area contributed by atoms with Crippen molar-refractivity contribution >= 4 is 0 Å². The lowest BCUT2D eigenvalue weighted by Crippen LogP contribution is -2.21. The largest absolute Gasteiger partial charge is 0.491 e. The Hall–Kier alpha value is -2.82. The molecule has 106 valence electrons. The standard InChI is InChI=1S/C16H15N3O2/c1-21-15-7-3-9-18(16(15)20)12-13-5-2-6-14(11-13)19-10-4-8-17-19/h2-11H,12H2,1H3. The summed E-state index contributed by atoms with van der Waals surface area (Å²) in [5.74, 6) is 0.348. The molecule has 1 aromatic carbocycles. The molecule has 0 atom stereocenters. The molecule has 0 spiro atoms. The Bertz CT molecular complexity index is 791. The maximum absolute atomic E-state index is 12.1. The predicted octanol–water partition coefficient (Wildman–Crippen LogP) is 2.09. The maximum atomic E-state index is 12.1. The van der Waals surface area contributed by atoms with Crippen LogP contribution in [-0.2, 0) is 6.54 Å². The molecule has 5 heteroatoms. The van der Waals surface area contributed by atoms with Gasteiger partial charge in [-0.1, -0.05) is 12.1 Å². The molecule has 0 saturated carbocycles. The minimum absolute atomic E-state index is 0.135. The molecule has 5 nitrogen and oxygen atoms in total. The molecule has 0 amide bonds. The first-order valence-electron chi connectivity index (χ1n) is 6.60. The number of rotatable bonds is 4. The quantitative estimate of drug-likeness (QED) is 0.735. The Morgan fingerprint density at radius 3 is 2.81 bits per heavy atom. The molecular weight excluding hydrogens is 266 g/mol. The summed E-state index contributed by atoms with van der Waals surface area (Å²) in [6.07, 6.45) is 5.38. The highest BCUT2D eigenvalue weighted by atomic mass is 16.5. The van der Waals surface area contributed by atoms with Crippen LogP contribution in [0.5, 0.6) is 5.75 Å². The van der Waals surface area contributed by atoms with E-state index in [2.05, 4.69) is 5.10 Å². The zero-order valence-corrected chi connectivity index (χ0v) is 11.6. The molecule has 0 unspecified atom stereocenters. The topological polar surface area (TPSA) is 49.0 Å². The summed E-state index contributed by atoms with van der Waals surface area (Å²) in [6.45, 7) is 0.491. The Kier molecular flexibility index (Phi) is 3.55. The summed E-state index contributed by atoms with van der Waals surface area (Å²) in [7, 11) is 1.50. The van der Waals surface area contributed by atoms with E-state index >= 15 is 0 Å². The van der Waals surface area contributed by atoms with Gasteiger partial charge in [0.05, 0.1) is 19.3 Å². The first-order chi connectivity index (χ1) is 10.3. The molecule has 3 aromatic rings. The zero-order chi connectivity index (χ0) is 14.7. The average molecular weight is 281 g/mol. The van der Waals surface area contributed by atoms with Gasteiger partial charge in [-0.25, -0.2) is 4.68 Å². The molecule has 0 N–H and O–H groups in total. The zero-order valence-electron chi connectivity index (χ0n) is 11.6. The fraction of sp³-hybridized carbons (Fsp3) is 0.125. The van der Waals surface area contributed by atoms with Gasteiger partial charge in [0.2, 0.25) is 0 Å². The molecule has 3 rings (SSSR count). The minimum Gasteiger partial charge on any atom is -0.491 e. The summed E-state index contributed by atoms with van der Waals surface area (Å²) in [4.78, 5) is 12.1. The van der Waals surface area contributed by atoms with Crippen LogP contribution in [0.15, 0.2) is 65.8 Å². The van der Waals surface area contributed by atoms with Crippen molar-refractivity contribution in [3.63, 3.8) is 0 Å². The summed E-state index contributed by atoms with van der Waals surface area (Å²) >= 11 is 0. The van der Waals surface area contributed by atoms with E-state index in [-0.39, 0.29) is 5.56 Å². The molecule has 2 heterocycles. The highest BCUT2D eigenvalue weighted by molar-refractivity contribution is 5.35. The number of methoxy groups -OCH3 is 1.